The van der Waals surface area contributed by atoms with Gasteiger partial charge in [-0.25, -0.2) is 18.4 Å². The lowest BCUT2D eigenvalue weighted by Crippen LogP contribution is -2.20. The van der Waals surface area contributed by atoms with Crippen molar-refractivity contribution in [1.82, 2.24) is 15.3 Å². The van der Waals surface area contributed by atoms with Gasteiger partial charge in [0.1, 0.15) is 0 Å². The number of hydrogen-bond acceptors (Lipinski definition) is 5. The molecule has 108 valence electrons. The molecule has 0 atom stereocenters. The zero-order valence-corrected chi connectivity index (χ0v) is 13.9. The molecule has 1 aromatic rings. The zero-order valence-electron chi connectivity index (χ0n) is 10.9. The van der Waals surface area contributed by atoms with Crippen molar-refractivity contribution < 1.29 is 13.2 Å². The van der Waals surface area contributed by atoms with Gasteiger partial charge in [-0.3, -0.25) is 4.79 Å². The van der Waals surface area contributed by atoms with Crippen molar-refractivity contribution in [2.75, 3.05) is 10.8 Å². The number of alkyl halides is 1. The van der Waals surface area contributed by atoms with Crippen molar-refractivity contribution in [2.24, 2.45) is 0 Å². The second-order valence-electron chi connectivity index (χ2n) is 3.92. The molecule has 0 radical (unpaired) electrons. The molecule has 0 saturated carbocycles. The number of carbonyl (C=O) groups excluding carboxylic acids is 1. The zero-order chi connectivity index (χ0) is 15.0. The van der Waals surface area contributed by atoms with Gasteiger partial charge < -0.3 is 5.32 Å². The topological polar surface area (TPSA) is 89.0 Å². The minimum Gasteiger partial charge on any atom is -0.347 e. The highest BCUT2D eigenvalue weighted by Crippen LogP contribution is 2.01. The maximum Gasteiger partial charge on any atom is 0.246 e. The molecular formula is C12H14IN3O3S. The molecule has 0 saturated heterocycles. The number of carbonyl (C=O) groups is 1. The van der Waals surface area contributed by atoms with Crippen LogP contribution >= 0.6 is 22.6 Å². The highest BCUT2D eigenvalue weighted by Gasteiger charge is 2.09. The maximum atomic E-state index is 11.2. The maximum absolute atomic E-state index is 11.2. The number of aromatic nitrogens is 2. The van der Waals surface area contributed by atoms with E-state index in [0.717, 1.165) is 6.26 Å². The first-order valence-corrected chi connectivity index (χ1v) is 9.19. The van der Waals surface area contributed by atoms with E-state index in [9.17, 15) is 13.2 Å². The Morgan fingerprint density at radius 3 is 2.60 bits per heavy atom. The van der Waals surface area contributed by atoms with E-state index in [4.69, 9.17) is 0 Å². The van der Waals surface area contributed by atoms with Crippen molar-refractivity contribution in [1.29, 1.82) is 0 Å². The number of amides is 1. The average molecular weight is 407 g/mol. The number of unbranched alkanes of at least 4 members (excludes halogenated alkanes) is 1. The Bertz CT molecular complexity index is 618. The summed E-state index contributed by atoms with van der Waals surface area (Å²) in [6, 6.07) is 0. The standard InChI is InChI=1S/C12H14IN3O3S/c1-20(18,19)12-14-7-10(8-15-12)5-3-2-4-6-11(17)16-9-13/h7-8H,2,4,6,9H2,1H3,(H,16,17). The van der Waals surface area contributed by atoms with Gasteiger partial charge >= 0.3 is 0 Å². The molecule has 1 amide bonds. The lowest BCUT2D eigenvalue weighted by molar-refractivity contribution is -0.120. The molecule has 0 aliphatic heterocycles. The van der Waals surface area contributed by atoms with Gasteiger partial charge in [-0.15, -0.1) is 0 Å². The number of nitrogens with zero attached hydrogens (tertiary/aromatic N) is 2. The third-order valence-corrected chi connectivity index (χ3v) is 3.42. The summed E-state index contributed by atoms with van der Waals surface area (Å²) in [7, 11) is -3.38. The number of sulfone groups is 1. The second kappa shape index (κ2) is 8.16. The lowest BCUT2D eigenvalue weighted by Gasteiger charge is -1.97. The Labute approximate surface area is 131 Å². The van der Waals surface area contributed by atoms with Gasteiger partial charge in [0.2, 0.25) is 20.9 Å². The Hall–Kier alpha value is -1.21. The molecule has 0 aromatic carbocycles. The van der Waals surface area contributed by atoms with Crippen LogP contribution in [0, 0.1) is 11.8 Å². The molecule has 0 aliphatic rings. The third-order valence-electron chi connectivity index (χ3n) is 2.16. The van der Waals surface area contributed by atoms with Crippen molar-refractivity contribution in [3.63, 3.8) is 0 Å². The molecule has 0 spiro atoms. The van der Waals surface area contributed by atoms with Crippen LogP contribution in [0.25, 0.3) is 0 Å². The van der Waals surface area contributed by atoms with E-state index < -0.39 is 9.84 Å². The van der Waals surface area contributed by atoms with Gasteiger partial charge in [0.05, 0.1) is 10.1 Å². The Kier molecular flexibility index (Phi) is 6.87. The summed E-state index contributed by atoms with van der Waals surface area (Å²) in [6.45, 7) is 0. The van der Waals surface area contributed by atoms with E-state index >= 15 is 0 Å². The summed E-state index contributed by atoms with van der Waals surface area (Å²) in [5.41, 5.74) is 0.550. The van der Waals surface area contributed by atoms with E-state index in [1.54, 1.807) is 0 Å². The molecule has 1 heterocycles. The fourth-order valence-corrected chi connectivity index (χ4v) is 2.15. The van der Waals surface area contributed by atoms with E-state index in [2.05, 4.69) is 49.7 Å². The Balaban J connectivity index is 2.46. The highest BCUT2D eigenvalue weighted by atomic mass is 127. The van der Waals surface area contributed by atoms with E-state index in [1.807, 2.05) is 0 Å². The first kappa shape index (κ1) is 16.8. The minimum atomic E-state index is -3.38. The summed E-state index contributed by atoms with van der Waals surface area (Å²) in [4.78, 5) is 18.6. The van der Waals surface area contributed by atoms with Crippen molar-refractivity contribution in [3.8, 4) is 11.8 Å². The molecule has 0 unspecified atom stereocenters. The summed E-state index contributed by atoms with van der Waals surface area (Å²) in [5.74, 6) is 5.74. The summed E-state index contributed by atoms with van der Waals surface area (Å²) < 4.78 is 22.9. The van der Waals surface area contributed by atoms with Crippen LogP contribution in [0.4, 0.5) is 0 Å². The van der Waals surface area contributed by atoms with Crippen LogP contribution in [0.15, 0.2) is 17.6 Å². The van der Waals surface area contributed by atoms with Crippen LogP contribution in [0.5, 0.6) is 0 Å². The first-order valence-electron chi connectivity index (χ1n) is 5.77. The highest BCUT2D eigenvalue weighted by molar-refractivity contribution is 14.1. The molecule has 0 bridgehead atoms. The van der Waals surface area contributed by atoms with Crippen molar-refractivity contribution >= 4 is 38.3 Å². The number of halogens is 1. The van der Waals surface area contributed by atoms with Gasteiger partial charge in [0.15, 0.2) is 0 Å². The molecule has 6 nitrogen and oxygen atoms in total. The van der Waals surface area contributed by atoms with Crippen LogP contribution in [0.3, 0.4) is 0 Å². The predicted molar refractivity (Wildman–Crippen MR) is 82.9 cm³/mol. The first-order chi connectivity index (χ1) is 9.43. The van der Waals surface area contributed by atoms with Crippen molar-refractivity contribution in [2.45, 2.75) is 24.4 Å². The summed E-state index contributed by atoms with van der Waals surface area (Å²) >= 11 is 2.07. The molecule has 20 heavy (non-hydrogen) atoms. The monoisotopic (exact) mass is 407 g/mol. The fourth-order valence-electron chi connectivity index (χ4n) is 1.24. The number of hydrogen-bond donors (Lipinski definition) is 1. The van der Waals surface area contributed by atoms with Crippen LogP contribution < -0.4 is 5.32 Å². The average Bonchev–Trinajstić information content (AvgIpc) is 2.38. The number of nitrogens with one attached hydrogen (secondary N) is 1. The molecular weight excluding hydrogens is 393 g/mol. The van der Waals surface area contributed by atoms with Gasteiger partial charge in [-0.2, -0.15) is 0 Å². The summed E-state index contributed by atoms with van der Waals surface area (Å²) in [5, 5.41) is 2.49. The molecule has 0 aliphatic carbocycles. The quantitative estimate of drug-likeness (QED) is 0.196. The second-order valence-corrected chi connectivity index (χ2v) is 6.59. The van der Waals surface area contributed by atoms with E-state index in [-0.39, 0.29) is 11.1 Å². The predicted octanol–water partition coefficient (Wildman–Crippen LogP) is 0.911. The third kappa shape index (κ3) is 6.29. The Morgan fingerprint density at radius 1 is 1.40 bits per heavy atom. The van der Waals surface area contributed by atoms with E-state index in [0.29, 0.717) is 29.4 Å². The van der Waals surface area contributed by atoms with Crippen LogP contribution in [0.2, 0.25) is 0 Å². The SMILES string of the molecule is CS(=O)(=O)c1ncc(C#CCCCC(=O)NCI)cn1. The van der Waals surface area contributed by atoms with Crippen LogP contribution in [-0.2, 0) is 14.6 Å². The lowest BCUT2D eigenvalue weighted by atomic mass is 10.2. The van der Waals surface area contributed by atoms with Gasteiger partial charge in [0, 0.05) is 31.5 Å². The number of rotatable bonds is 5. The molecule has 1 aromatic heterocycles. The molecule has 0 fully saturated rings. The van der Waals surface area contributed by atoms with Gasteiger partial charge in [-0.1, -0.05) is 34.4 Å². The summed E-state index contributed by atoms with van der Waals surface area (Å²) in [6.07, 6.45) is 5.51. The van der Waals surface area contributed by atoms with Gasteiger partial charge in [0.25, 0.3) is 0 Å². The largest absolute Gasteiger partial charge is 0.347 e. The van der Waals surface area contributed by atoms with Gasteiger partial charge in [-0.05, 0) is 6.42 Å². The fraction of sp³-hybridized carbons (Fsp3) is 0.417. The molecule has 8 heteroatoms. The Morgan fingerprint density at radius 2 is 2.05 bits per heavy atom. The minimum absolute atomic E-state index is 0.0158. The smallest absolute Gasteiger partial charge is 0.246 e. The molecule has 1 N–H and O–H groups in total. The molecule has 1 rings (SSSR count). The van der Waals surface area contributed by atoms with E-state index in [1.165, 1.54) is 12.4 Å². The normalized spacial score (nSPS) is 10.5. The van der Waals surface area contributed by atoms with Crippen molar-refractivity contribution in [3.05, 3.63) is 18.0 Å². The van der Waals surface area contributed by atoms with Crippen LogP contribution in [-0.4, -0.2) is 35.1 Å². The van der Waals surface area contributed by atoms with Crippen LogP contribution in [0.1, 0.15) is 24.8 Å².